The minimum atomic E-state index is -0.0373. The van der Waals surface area contributed by atoms with Gasteiger partial charge in [-0.15, -0.1) is 0 Å². The molecule has 3 nitrogen and oxygen atoms in total. The first-order valence-electron chi connectivity index (χ1n) is 5.64. The second kappa shape index (κ2) is 9.44. The standard InChI is InChI=1S/C11H25NO2/c1-5-13-11(14-6-2)7-8-12-9-10(3)4/h10-12H,5-9H2,1-4H3. The fourth-order valence-electron chi connectivity index (χ4n) is 1.20. The molecule has 0 amide bonds. The highest BCUT2D eigenvalue weighted by atomic mass is 16.7. The molecule has 0 aliphatic heterocycles. The molecule has 0 bridgehead atoms. The highest BCUT2D eigenvalue weighted by Gasteiger charge is 2.06. The molecule has 0 aliphatic rings. The summed E-state index contributed by atoms with van der Waals surface area (Å²) in [6.45, 7) is 11.9. The number of nitrogens with one attached hydrogen (secondary N) is 1. The van der Waals surface area contributed by atoms with Crippen molar-refractivity contribution in [2.45, 2.75) is 40.4 Å². The maximum Gasteiger partial charge on any atom is 0.158 e. The van der Waals surface area contributed by atoms with E-state index in [1.165, 1.54) is 0 Å². The Labute approximate surface area is 88.2 Å². The molecule has 0 fully saturated rings. The average molecular weight is 203 g/mol. The normalized spacial score (nSPS) is 11.6. The van der Waals surface area contributed by atoms with Crippen molar-refractivity contribution in [3.05, 3.63) is 0 Å². The second-order valence-electron chi connectivity index (χ2n) is 3.73. The molecule has 0 aromatic heterocycles. The molecule has 0 spiro atoms. The summed E-state index contributed by atoms with van der Waals surface area (Å²) in [6, 6.07) is 0. The van der Waals surface area contributed by atoms with Gasteiger partial charge >= 0.3 is 0 Å². The van der Waals surface area contributed by atoms with Gasteiger partial charge in [0, 0.05) is 19.6 Å². The molecule has 0 heterocycles. The van der Waals surface area contributed by atoms with Crippen molar-refractivity contribution in [1.82, 2.24) is 5.32 Å². The third-order valence-electron chi connectivity index (χ3n) is 1.81. The van der Waals surface area contributed by atoms with Crippen LogP contribution >= 0.6 is 0 Å². The topological polar surface area (TPSA) is 30.5 Å². The minimum absolute atomic E-state index is 0.0373. The summed E-state index contributed by atoms with van der Waals surface area (Å²) in [6.07, 6.45) is 0.888. The van der Waals surface area contributed by atoms with Crippen LogP contribution in [0, 0.1) is 5.92 Å². The second-order valence-corrected chi connectivity index (χ2v) is 3.73. The Morgan fingerprint density at radius 3 is 2.07 bits per heavy atom. The van der Waals surface area contributed by atoms with Gasteiger partial charge in [0.25, 0.3) is 0 Å². The summed E-state index contributed by atoms with van der Waals surface area (Å²) in [7, 11) is 0. The lowest BCUT2D eigenvalue weighted by Gasteiger charge is -2.17. The molecule has 0 atom stereocenters. The Hall–Kier alpha value is -0.120. The number of rotatable bonds is 9. The smallest absolute Gasteiger partial charge is 0.158 e. The fourth-order valence-corrected chi connectivity index (χ4v) is 1.20. The largest absolute Gasteiger partial charge is 0.353 e. The van der Waals surface area contributed by atoms with Crippen LogP contribution in [0.3, 0.4) is 0 Å². The van der Waals surface area contributed by atoms with E-state index in [0.717, 1.165) is 32.7 Å². The van der Waals surface area contributed by atoms with E-state index in [1.54, 1.807) is 0 Å². The lowest BCUT2D eigenvalue weighted by molar-refractivity contribution is -0.138. The van der Waals surface area contributed by atoms with Crippen LogP contribution in [0.1, 0.15) is 34.1 Å². The van der Waals surface area contributed by atoms with Crippen molar-refractivity contribution < 1.29 is 9.47 Å². The maximum atomic E-state index is 5.43. The third-order valence-corrected chi connectivity index (χ3v) is 1.81. The summed E-state index contributed by atoms with van der Waals surface area (Å²) in [5.41, 5.74) is 0. The van der Waals surface area contributed by atoms with Crippen LogP contribution in [-0.4, -0.2) is 32.6 Å². The van der Waals surface area contributed by atoms with Crippen LogP contribution in [0.15, 0.2) is 0 Å². The first-order chi connectivity index (χ1) is 6.70. The molecule has 14 heavy (non-hydrogen) atoms. The van der Waals surface area contributed by atoms with Crippen molar-refractivity contribution in [2.75, 3.05) is 26.3 Å². The van der Waals surface area contributed by atoms with Crippen LogP contribution in [0.25, 0.3) is 0 Å². The van der Waals surface area contributed by atoms with E-state index in [9.17, 15) is 0 Å². The van der Waals surface area contributed by atoms with E-state index in [4.69, 9.17) is 9.47 Å². The molecule has 3 heteroatoms. The van der Waals surface area contributed by atoms with E-state index >= 15 is 0 Å². The summed E-state index contributed by atoms with van der Waals surface area (Å²) in [4.78, 5) is 0. The van der Waals surface area contributed by atoms with Gasteiger partial charge in [0.15, 0.2) is 6.29 Å². The van der Waals surface area contributed by atoms with Crippen LogP contribution in [0.2, 0.25) is 0 Å². The number of hydrogen-bond acceptors (Lipinski definition) is 3. The summed E-state index contributed by atoms with van der Waals surface area (Å²) < 4.78 is 10.9. The Morgan fingerprint density at radius 2 is 1.64 bits per heavy atom. The lowest BCUT2D eigenvalue weighted by Crippen LogP contribution is -2.27. The van der Waals surface area contributed by atoms with Crippen molar-refractivity contribution >= 4 is 0 Å². The first-order valence-corrected chi connectivity index (χ1v) is 5.64. The molecule has 86 valence electrons. The van der Waals surface area contributed by atoms with Gasteiger partial charge in [-0.1, -0.05) is 13.8 Å². The van der Waals surface area contributed by atoms with Gasteiger partial charge in [0.2, 0.25) is 0 Å². The van der Waals surface area contributed by atoms with Gasteiger partial charge in [-0.25, -0.2) is 0 Å². The van der Waals surface area contributed by atoms with E-state index in [2.05, 4.69) is 19.2 Å². The van der Waals surface area contributed by atoms with E-state index in [-0.39, 0.29) is 6.29 Å². The average Bonchev–Trinajstić information content (AvgIpc) is 2.12. The van der Waals surface area contributed by atoms with Gasteiger partial charge in [-0.3, -0.25) is 0 Å². The molecule has 0 aromatic rings. The van der Waals surface area contributed by atoms with Gasteiger partial charge in [0.1, 0.15) is 0 Å². The van der Waals surface area contributed by atoms with E-state index < -0.39 is 0 Å². The highest BCUT2D eigenvalue weighted by molar-refractivity contribution is 4.53. The zero-order valence-corrected chi connectivity index (χ0v) is 10.0. The predicted octanol–water partition coefficient (Wildman–Crippen LogP) is 2.02. The van der Waals surface area contributed by atoms with Crippen LogP contribution < -0.4 is 5.32 Å². The highest BCUT2D eigenvalue weighted by Crippen LogP contribution is 2.00. The maximum absolute atomic E-state index is 5.43. The van der Waals surface area contributed by atoms with Crippen LogP contribution in [0.4, 0.5) is 0 Å². The van der Waals surface area contributed by atoms with Gasteiger partial charge in [-0.2, -0.15) is 0 Å². The molecule has 1 N–H and O–H groups in total. The molecule has 0 radical (unpaired) electrons. The zero-order chi connectivity index (χ0) is 10.8. The van der Waals surface area contributed by atoms with E-state index in [0.29, 0.717) is 5.92 Å². The Kier molecular flexibility index (Phi) is 9.35. The summed E-state index contributed by atoms with van der Waals surface area (Å²) >= 11 is 0. The van der Waals surface area contributed by atoms with Gasteiger partial charge < -0.3 is 14.8 Å². The molecule has 0 aromatic carbocycles. The summed E-state index contributed by atoms with van der Waals surface area (Å²) in [5, 5.41) is 3.37. The molecule has 0 saturated carbocycles. The van der Waals surface area contributed by atoms with Crippen LogP contribution in [-0.2, 0) is 9.47 Å². The van der Waals surface area contributed by atoms with Gasteiger partial charge in [-0.05, 0) is 32.9 Å². The Morgan fingerprint density at radius 1 is 1.07 bits per heavy atom. The van der Waals surface area contributed by atoms with Crippen molar-refractivity contribution in [1.29, 1.82) is 0 Å². The van der Waals surface area contributed by atoms with E-state index in [1.807, 2.05) is 13.8 Å². The molecular weight excluding hydrogens is 178 g/mol. The number of hydrogen-bond donors (Lipinski definition) is 1. The molecule has 0 unspecified atom stereocenters. The molecule has 0 aliphatic carbocycles. The number of ether oxygens (including phenoxy) is 2. The Bertz CT molecular complexity index is 112. The zero-order valence-electron chi connectivity index (χ0n) is 10.0. The molecule has 0 rings (SSSR count). The van der Waals surface area contributed by atoms with Crippen LogP contribution in [0.5, 0.6) is 0 Å². The SMILES string of the molecule is CCOC(CCNCC(C)C)OCC. The Balaban J connectivity index is 3.40. The summed E-state index contributed by atoms with van der Waals surface area (Å²) in [5.74, 6) is 0.702. The molecule has 0 saturated heterocycles. The first kappa shape index (κ1) is 13.9. The monoisotopic (exact) mass is 203 g/mol. The van der Waals surface area contributed by atoms with Crippen molar-refractivity contribution in [2.24, 2.45) is 5.92 Å². The van der Waals surface area contributed by atoms with Gasteiger partial charge in [0.05, 0.1) is 0 Å². The van der Waals surface area contributed by atoms with Crippen molar-refractivity contribution in [3.63, 3.8) is 0 Å². The fraction of sp³-hybridized carbons (Fsp3) is 1.00. The van der Waals surface area contributed by atoms with Crippen molar-refractivity contribution in [3.8, 4) is 0 Å². The predicted molar refractivity (Wildman–Crippen MR) is 59.4 cm³/mol. The molecular formula is C11H25NO2. The third kappa shape index (κ3) is 8.48. The lowest BCUT2D eigenvalue weighted by atomic mass is 10.2. The minimum Gasteiger partial charge on any atom is -0.353 e. The quantitative estimate of drug-likeness (QED) is 0.459.